The summed E-state index contributed by atoms with van der Waals surface area (Å²) in [5.74, 6) is -0.378. The number of aromatic amines is 1. The number of nitrogens with one attached hydrogen (secondary N) is 1. The summed E-state index contributed by atoms with van der Waals surface area (Å²) in [6, 6.07) is 13.1. The zero-order valence-corrected chi connectivity index (χ0v) is 19.8. The molecule has 35 heavy (non-hydrogen) atoms. The van der Waals surface area contributed by atoms with Crippen LogP contribution in [0.4, 0.5) is 0 Å². The summed E-state index contributed by atoms with van der Waals surface area (Å²) in [7, 11) is -3.02. The first kappa shape index (κ1) is 24.4. The molecule has 1 aliphatic carbocycles. The van der Waals surface area contributed by atoms with Gasteiger partial charge >= 0.3 is 11.7 Å². The van der Waals surface area contributed by atoms with Crippen LogP contribution in [0.2, 0.25) is 0 Å². The first-order valence-electron chi connectivity index (χ1n) is 11.1. The van der Waals surface area contributed by atoms with Crippen molar-refractivity contribution < 1.29 is 23.1 Å². The topological polar surface area (TPSA) is 139 Å². The number of carbonyl (C=O) groups is 1. The van der Waals surface area contributed by atoms with Crippen LogP contribution in [-0.4, -0.2) is 46.4 Å². The lowest BCUT2D eigenvalue weighted by molar-refractivity contribution is -0.141. The fourth-order valence-corrected chi connectivity index (χ4v) is 5.47. The van der Waals surface area contributed by atoms with Gasteiger partial charge in [-0.1, -0.05) is 18.2 Å². The van der Waals surface area contributed by atoms with Crippen molar-refractivity contribution in [3.8, 4) is 11.5 Å². The van der Waals surface area contributed by atoms with Crippen molar-refractivity contribution >= 4 is 16.0 Å². The lowest BCUT2D eigenvalue weighted by atomic mass is 10.2. The van der Waals surface area contributed by atoms with E-state index in [1.807, 2.05) is 6.07 Å². The maximum atomic E-state index is 13.1. The maximum absolute atomic E-state index is 13.1. The maximum Gasteiger partial charge on any atom is 0.328 e. The van der Waals surface area contributed by atoms with Gasteiger partial charge in [-0.25, -0.2) is 13.2 Å². The van der Waals surface area contributed by atoms with Crippen molar-refractivity contribution in [1.82, 2.24) is 13.9 Å². The molecule has 10 nitrogen and oxygen atoms in total. The van der Waals surface area contributed by atoms with E-state index in [4.69, 9.17) is 4.74 Å². The molecule has 0 saturated heterocycles. The summed E-state index contributed by atoms with van der Waals surface area (Å²) in [6.45, 7) is -0.234. The highest BCUT2D eigenvalue weighted by atomic mass is 32.2. The Labute approximate surface area is 201 Å². The number of nitrogens with zero attached hydrogens (tertiary/aromatic N) is 2. The first-order chi connectivity index (χ1) is 16.7. The Morgan fingerprint density at radius 3 is 2.40 bits per heavy atom. The number of likely N-dealkylation sites (N-methyl/N-ethyl adjacent to an activating group) is 1. The Balaban J connectivity index is 1.52. The van der Waals surface area contributed by atoms with Gasteiger partial charge in [0.25, 0.3) is 5.56 Å². The summed E-state index contributed by atoms with van der Waals surface area (Å²) < 4.78 is 33.6. The second kappa shape index (κ2) is 9.88. The summed E-state index contributed by atoms with van der Waals surface area (Å²) in [5.41, 5.74) is 0.0601. The predicted octanol–water partition coefficient (Wildman–Crippen LogP) is 1.98. The molecule has 0 radical (unpaired) electrons. The van der Waals surface area contributed by atoms with E-state index in [9.17, 15) is 27.9 Å². The van der Waals surface area contributed by atoms with E-state index in [0.29, 0.717) is 35.6 Å². The largest absolute Gasteiger partial charge is 0.480 e. The predicted molar refractivity (Wildman–Crippen MR) is 127 cm³/mol. The van der Waals surface area contributed by atoms with E-state index in [1.54, 1.807) is 24.3 Å². The van der Waals surface area contributed by atoms with E-state index >= 15 is 0 Å². The SMILES string of the molecule is CN(C(CCn1c(=O)[nH]c2c(c1=O)CCC2)C(=O)O)S(=O)(=O)c1ccc(Oc2ccccc2)cc1. The van der Waals surface area contributed by atoms with Gasteiger partial charge in [0, 0.05) is 24.8 Å². The molecule has 1 atom stereocenters. The molecule has 11 heteroatoms. The Morgan fingerprint density at radius 1 is 1.09 bits per heavy atom. The number of benzene rings is 2. The van der Waals surface area contributed by atoms with E-state index in [0.717, 1.165) is 22.3 Å². The molecule has 1 aromatic heterocycles. The van der Waals surface area contributed by atoms with Crippen LogP contribution in [0, 0.1) is 0 Å². The van der Waals surface area contributed by atoms with Crippen molar-refractivity contribution in [1.29, 1.82) is 0 Å². The molecule has 0 aliphatic heterocycles. The third kappa shape index (κ3) is 5.05. The number of carboxylic acid groups (broad SMARTS) is 1. The summed E-state index contributed by atoms with van der Waals surface area (Å²) in [5, 5.41) is 9.73. The molecule has 1 aliphatic rings. The highest BCUT2D eigenvalue weighted by Gasteiger charge is 2.33. The molecule has 2 aromatic carbocycles. The second-order valence-electron chi connectivity index (χ2n) is 8.25. The van der Waals surface area contributed by atoms with Gasteiger partial charge in [0.1, 0.15) is 17.5 Å². The van der Waals surface area contributed by atoms with Gasteiger partial charge in [-0.15, -0.1) is 0 Å². The van der Waals surface area contributed by atoms with Crippen LogP contribution in [0.3, 0.4) is 0 Å². The molecule has 0 spiro atoms. The summed E-state index contributed by atoms with van der Waals surface area (Å²) >= 11 is 0. The Bertz CT molecular complexity index is 1450. The van der Waals surface area contributed by atoms with Crippen LogP contribution >= 0.6 is 0 Å². The van der Waals surface area contributed by atoms with E-state index < -0.39 is 33.3 Å². The van der Waals surface area contributed by atoms with Crippen LogP contribution in [0.5, 0.6) is 11.5 Å². The van der Waals surface area contributed by atoms with Crippen molar-refractivity contribution in [2.24, 2.45) is 0 Å². The minimum absolute atomic E-state index is 0.112. The number of H-pyrrole nitrogens is 1. The number of para-hydroxylation sites is 1. The monoisotopic (exact) mass is 499 g/mol. The normalized spacial score (nSPS) is 14.0. The minimum atomic E-state index is -4.18. The number of aromatic nitrogens is 2. The molecule has 184 valence electrons. The van der Waals surface area contributed by atoms with Crippen molar-refractivity contribution in [2.45, 2.75) is 43.2 Å². The van der Waals surface area contributed by atoms with Gasteiger partial charge in [-0.2, -0.15) is 4.31 Å². The number of fused-ring (bicyclic) bond motifs is 1. The fraction of sp³-hybridized carbons (Fsp3) is 0.292. The number of ether oxygens (including phenoxy) is 1. The average Bonchev–Trinajstić information content (AvgIpc) is 3.30. The van der Waals surface area contributed by atoms with E-state index in [2.05, 4.69) is 4.98 Å². The van der Waals surface area contributed by atoms with Gasteiger partial charge in [-0.05, 0) is 62.1 Å². The Morgan fingerprint density at radius 2 is 1.74 bits per heavy atom. The quantitative estimate of drug-likeness (QED) is 0.459. The number of aliphatic carboxylic acids is 1. The molecule has 4 rings (SSSR count). The minimum Gasteiger partial charge on any atom is -0.480 e. The molecule has 0 amide bonds. The van der Waals surface area contributed by atoms with Crippen molar-refractivity contribution in [3.05, 3.63) is 86.7 Å². The smallest absolute Gasteiger partial charge is 0.328 e. The van der Waals surface area contributed by atoms with Crippen molar-refractivity contribution in [3.63, 3.8) is 0 Å². The number of aryl methyl sites for hydroxylation is 1. The van der Waals surface area contributed by atoms with Crippen LogP contribution in [0.1, 0.15) is 24.1 Å². The average molecular weight is 500 g/mol. The molecule has 1 heterocycles. The highest BCUT2D eigenvalue weighted by molar-refractivity contribution is 7.89. The standard InChI is InChI=1S/C24H25N3O7S/c1-26(35(32,33)18-12-10-17(11-13-18)34-16-6-3-2-4-7-16)21(23(29)30)14-15-27-22(28)19-8-5-9-20(19)25-24(27)31/h2-4,6-7,10-13,21H,5,8-9,14-15H2,1H3,(H,25,31)(H,29,30). The zero-order valence-electron chi connectivity index (χ0n) is 19.0. The molecule has 2 N–H and O–H groups in total. The lowest BCUT2D eigenvalue weighted by Gasteiger charge is -2.24. The second-order valence-corrected chi connectivity index (χ2v) is 10.2. The van der Waals surface area contributed by atoms with Gasteiger partial charge in [0.15, 0.2) is 0 Å². The molecule has 0 bridgehead atoms. The highest BCUT2D eigenvalue weighted by Crippen LogP contribution is 2.25. The summed E-state index contributed by atoms with van der Waals surface area (Å²) in [4.78, 5) is 39.5. The van der Waals surface area contributed by atoms with E-state index in [-0.39, 0.29) is 17.9 Å². The number of hydrogen-bond donors (Lipinski definition) is 2. The molecular weight excluding hydrogens is 474 g/mol. The number of hydrogen-bond acceptors (Lipinski definition) is 6. The van der Waals surface area contributed by atoms with Crippen molar-refractivity contribution in [2.75, 3.05) is 7.05 Å². The molecular formula is C24H25N3O7S. The van der Waals surface area contributed by atoms with Crippen LogP contribution in [0.25, 0.3) is 0 Å². The van der Waals surface area contributed by atoms with Gasteiger partial charge in [0.05, 0.1) is 4.90 Å². The number of rotatable bonds is 9. The molecule has 0 fully saturated rings. The van der Waals surface area contributed by atoms with Gasteiger partial charge < -0.3 is 14.8 Å². The molecule has 1 unspecified atom stereocenters. The number of sulfonamides is 1. The van der Waals surface area contributed by atoms with Gasteiger partial charge in [0.2, 0.25) is 10.0 Å². The van der Waals surface area contributed by atoms with Crippen LogP contribution < -0.4 is 16.0 Å². The Kier molecular flexibility index (Phi) is 6.90. The third-order valence-corrected chi connectivity index (χ3v) is 7.93. The molecule has 3 aromatic rings. The van der Waals surface area contributed by atoms with Crippen LogP contribution in [-0.2, 0) is 34.2 Å². The van der Waals surface area contributed by atoms with Crippen LogP contribution in [0.15, 0.2) is 69.1 Å². The first-order valence-corrected chi connectivity index (χ1v) is 12.5. The summed E-state index contributed by atoms with van der Waals surface area (Å²) in [6.07, 6.45) is 1.67. The Hall–Kier alpha value is -3.70. The molecule has 0 saturated carbocycles. The zero-order chi connectivity index (χ0) is 25.2. The fourth-order valence-electron chi connectivity index (χ4n) is 4.12. The lowest BCUT2D eigenvalue weighted by Crippen LogP contribution is -2.45. The third-order valence-electron chi connectivity index (χ3n) is 6.05. The number of carboxylic acids is 1. The van der Waals surface area contributed by atoms with Gasteiger partial charge in [-0.3, -0.25) is 14.2 Å². The van der Waals surface area contributed by atoms with E-state index in [1.165, 1.54) is 24.3 Å².